The summed E-state index contributed by atoms with van der Waals surface area (Å²) in [5, 5.41) is 3.28. The fourth-order valence-corrected chi connectivity index (χ4v) is 2.17. The van der Waals surface area contributed by atoms with Gasteiger partial charge in [-0.2, -0.15) is 0 Å². The van der Waals surface area contributed by atoms with Crippen LogP contribution >= 0.6 is 0 Å². The monoisotopic (exact) mass is 255 g/mol. The Balaban J connectivity index is 1.86. The molecule has 3 N–H and O–H groups in total. The van der Waals surface area contributed by atoms with E-state index in [9.17, 15) is 8.78 Å². The van der Waals surface area contributed by atoms with Crippen molar-refractivity contribution in [3.05, 3.63) is 35.4 Å². The van der Waals surface area contributed by atoms with Crippen molar-refractivity contribution >= 4 is 0 Å². The van der Waals surface area contributed by atoms with Crippen molar-refractivity contribution in [2.45, 2.75) is 12.5 Å². The molecule has 5 heteroatoms. The SMILES string of the molecule is NC(CCN1CCNCC1)c1ccc(F)c(F)c1. The summed E-state index contributed by atoms with van der Waals surface area (Å²) in [6, 6.07) is 3.64. The van der Waals surface area contributed by atoms with Crippen LogP contribution in [0.2, 0.25) is 0 Å². The molecule has 1 aromatic carbocycles. The van der Waals surface area contributed by atoms with Gasteiger partial charge in [-0.1, -0.05) is 6.07 Å². The molecule has 100 valence electrons. The number of rotatable bonds is 4. The lowest BCUT2D eigenvalue weighted by molar-refractivity contribution is 0.233. The molecular formula is C13H19F2N3. The van der Waals surface area contributed by atoms with E-state index in [1.54, 1.807) is 6.07 Å². The number of benzene rings is 1. The largest absolute Gasteiger partial charge is 0.324 e. The molecule has 1 aliphatic rings. The third-order valence-corrected chi connectivity index (χ3v) is 3.34. The maximum atomic E-state index is 13.1. The Morgan fingerprint density at radius 1 is 1.22 bits per heavy atom. The fraction of sp³-hybridized carbons (Fsp3) is 0.538. The Bertz CT molecular complexity index is 392. The van der Waals surface area contributed by atoms with Crippen LogP contribution in [0.1, 0.15) is 18.0 Å². The second kappa shape index (κ2) is 6.22. The third kappa shape index (κ3) is 3.48. The Labute approximate surface area is 106 Å². The second-order valence-corrected chi connectivity index (χ2v) is 4.66. The molecule has 0 aliphatic carbocycles. The van der Waals surface area contributed by atoms with Crippen LogP contribution in [-0.4, -0.2) is 37.6 Å². The molecule has 3 nitrogen and oxygen atoms in total. The molecule has 1 aliphatic heterocycles. The minimum absolute atomic E-state index is 0.241. The van der Waals surface area contributed by atoms with E-state index in [4.69, 9.17) is 5.73 Å². The van der Waals surface area contributed by atoms with E-state index < -0.39 is 11.6 Å². The number of hydrogen-bond donors (Lipinski definition) is 2. The summed E-state index contributed by atoms with van der Waals surface area (Å²) in [5.74, 6) is -1.65. The highest BCUT2D eigenvalue weighted by Gasteiger charge is 2.13. The molecule has 1 unspecified atom stereocenters. The highest BCUT2D eigenvalue weighted by molar-refractivity contribution is 5.20. The van der Waals surface area contributed by atoms with Crippen molar-refractivity contribution in [1.29, 1.82) is 0 Å². The summed E-state index contributed by atoms with van der Waals surface area (Å²) in [4.78, 5) is 2.33. The van der Waals surface area contributed by atoms with Crippen molar-refractivity contribution in [2.75, 3.05) is 32.7 Å². The normalized spacial score (nSPS) is 18.8. The van der Waals surface area contributed by atoms with Crippen molar-refractivity contribution in [2.24, 2.45) is 5.73 Å². The van der Waals surface area contributed by atoms with Crippen LogP contribution in [0.3, 0.4) is 0 Å². The maximum Gasteiger partial charge on any atom is 0.159 e. The first-order valence-electron chi connectivity index (χ1n) is 6.30. The number of nitrogens with zero attached hydrogens (tertiary/aromatic N) is 1. The molecule has 0 aromatic heterocycles. The Morgan fingerprint density at radius 3 is 2.61 bits per heavy atom. The Morgan fingerprint density at radius 2 is 1.94 bits per heavy atom. The van der Waals surface area contributed by atoms with Gasteiger partial charge in [0.1, 0.15) is 0 Å². The predicted molar refractivity (Wildman–Crippen MR) is 67.2 cm³/mol. The number of halogens is 2. The van der Waals surface area contributed by atoms with E-state index >= 15 is 0 Å². The summed E-state index contributed by atoms with van der Waals surface area (Å²) < 4.78 is 25.9. The molecule has 1 heterocycles. The summed E-state index contributed by atoms with van der Waals surface area (Å²) in [5.41, 5.74) is 6.66. The first-order valence-corrected chi connectivity index (χ1v) is 6.30. The summed E-state index contributed by atoms with van der Waals surface area (Å²) in [6.45, 7) is 4.93. The maximum absolute atomic E-state index is 13.1. The molecule has 0 bridgehead atoms. The molecule has 0 saturated carbocycles. The van der Waals surface area contributed by atoms with Gasteiger partial charge in [-0.25, -0.2) is 8.78 Å². The second-order valence-electron chi connectivity index (χ2n) is 4.66. The predicted octanol–water partition coefficient (Wildman–Crippen LogP) is 1.26. The molecule has 1 saturated heterocycles. The highest BCUT2D eigenvalue weighted by Crippen LogP contribution is 2.17. The van der Waals surface area contributed by atoms with E-state index in [1.807, 2.05) is 0 Å². The van der Waals surface area contributed by atoms with Crippen molar-refractivity contribution < 1.29 is 8.78 Å². The molecule has 18 heavy (non-hydrogen) atoms. The van der Waals surface area contributed by atoms with Crippen molar-refractivity contribution in [3.63, 3.8) is 0 Å². The van der Waals surface area contributed by atoms with Gasteiger partial charge in [0.25, 0.3) is 0 Å². The number of nitrogens with one attached hydrogen (secondary N) is 1. The molecule has 1 fully saturated rings. The average molecular weight is 255 g/mol. The molecule has 1 aromatic rings. The van der Waals surface area contributed by atoms with Crippen LogP contribution in [-0.2, 0) is 0 Å². The molecule has 0 amide bonds. The zero-order chi connectivity index (χ0) is 13.0. The van der Waals surface area contributed by atoms with Crippen LogP contribution in [0.4, 0.5) is 8.78 Å². The van der Waals surface area contributed by atoms with Gasteiger partial charge in [0.15, 0.2) is 11.6 Å². The Hall–Kier alpha value is -1.04. The quantitative estimate of drug-likeness (QED) is 0.851. The molecular weight excluding hydrogens is 236 g/mol. The minimum Gasteiger partial charge on any atom is -0.324 e. The fourth-order valence-electron chi connectivity index (χ4n) is 2.17. The van der Waals surface area contributed by atoms with Gasteiger partial charge < -0.3 is 16.0 Å². The third-order valence-electron chi connectivity index (χ3n) is 3.34. The van der Waals surface area contributed by atoms with Crippen LogP contribution < -0.4 is 11.1 Å². The van der Waals surface area contributed by atoms with Gasteiger partial charge in [0, 0.05) is 38.8 Å². The van der Waals surface area contributed by atoms with E-state index in [1.165, 1.54) is 6.07 Å². The van der Waals surface area contributed by atoms with Crippen LogP contribution in [0.5, 0.6) is 0 Å². The van der Waals surface area contributed by atoms with Crippen molar-refractivity contribution in [1.82, 2.24) is 10.2 Å². The highest BCUT2D eigenvalue weighted by atomic mass is 19.2. The molecule has 0 spiro atoms. The van der Waals surface area contributed by atoms with Gasteiger partial charge in [-0.3, -0.25) is 0 Å². The minimum atomic E-state index is -0.829. The first kappa shape index (κ1) is 13.4. The lowest BCUT2D eigenvalue weighted by atomic mass is 10.0. The number of hydrogen-bond acceptors (Lipinski definition) is 3. The Kier molecular flexibility index (Phi) is 4.63. The van der Waals surface area contributed by atoms with Gasteiger partial charge in [0.05, 0.1) is 0 Å². The zero-order valence-corrected chi connectivity index (χ0v) is 10.3. The molecule has 2 rings (SSSR count). The smallest absolute Gasteiger partial charge is 0.159 e. The van der Waals surface area contributed by atoms with E-state index in [2.05, 4.69) is 10.2 Å². The van der Waals surface area contributed by atoms with E-state index in [0.29, 0.717) is 5.56 Å². The number of piperazine rings is 1. The molecule has 1 atom stereocenters. The topological polar surface area (TPSA) is 41.3 Å². The van der Waals surface area contributed by atoms with Gasteiger partial charge >= 0.3 is 0 Å². The van der Waals surface area contributed by atoms with E-state index in [-0.39, 0.29) is 6.04 Å². The summed E-state index contributed by atoms with van der Waals surface area (Å²) >= 11 is 0. The standard InChI is InChI=1S/C13H19F2N3/c14-11-2-1-10(9-12(11)15)13(16)3-6-18-7-4-17-5-8-18/h1-2,9,13,17H,3-8,16H2. The van der Waals surface area contributed by atoms with Crippen LogP contribution in [0.15, 0.2) is 18.2 Å². The van der Waals surface area contributed by atoms with Crippen LogP contribution in [0, 0.1) is 11.6 Å². The molecule has 0 radical (unpaired) electrons. The van der Waals surface area contributed by atoms with Gasteiger partial charge in [0.2, 0.25) is 0 Å². The average Bonchev–Trinajstić information content (AvgIpc) is 2.40. The van der Waals surface area contributed by atoms with Gasteiger partial charge in [-0.05, 0) is 24.1 Å². The zero-order valence-electron chi connectivity index (χ0n) is 10.3. The van der Waals surface area contributed by atoms with Gasteiger partial charge in [-0.15, -0.1) is 0 Å². The van der Waals surface area contributed by atoms with Crippen molar-refractivity contribution in [3.8, 4) is 0 Å². The summed E-state index contributed by atoms with van der Waals surface area (Å²) in [6.07, 6.45) is 0.755. The number of nitrogens with two attached hydrogens (primary N) is 1. The van der Waals surface area contributed by atoms with E-state index in [0.717, 1.165) is 45.2 Å². The van der Waals surface area contributed by atoms with Crippen LogP contribution in [0.25, 0.3) is 0 Å². The first-order chi connectivity index (χ1) is 8.66. The lowest BCUT2D eigenvalue weighted by Crippen LogP contribution is -2.44. The lowest BCUT2D eigenvalue weighted by Gasteiger charge is -2.28. The summed E-state index contributed by atoms with van der Waals surface area (Å²) in [7, 11) is 0.